The van der Waals surface area contributed by atoms with Gasteiger partial charge in [-0.05, 0) is 43.7 Å². The Hall–Kier alpha value is -1.09. The Morgan fingerprint density at radius 2 is 2.21 bits per heavy atom. The van der Waals surface area contributed by atoms with Crippen molar-refractivity contribution in [1.82, 2.24) is 10.3 Å². The van der Waals surface area contributed by atoms with Gasteiger partial charge in [0.1, 0.15) is 5.75 Å². The molecule has 0 amide bonds. The first-order chi connectivity index (χ1) is 9.00. The number of pyridine rings is 1. The number of nitrogens with one attached hydrogen (secondary N) is 1. The SMILES string of the molecule is CNCc1cnccc1OC1CC(C)CC(C)(C)C1. The molecule has 1 aromatic heterocycles. The van der Waals surface area contributed by atoms with Crippen LogP contribution in [0, 0.1) is 11.3 Å². The molecule has 3 heteroatoms. The van der Waals surface area contributed by atoms with E-state index in [2.05, 4.69) is 31.1 Å². The van der Waals surface area contributed by atoms with Gasteiger partial charge in [-0.2, -0.15) is 0 Å². The summed E-state index contributed by atoms with van der Waals surface area (Å²) in [5.41, 5.74) is 1.53. The minimum Gasteiger partial charge on any atom is -0.490 e. The summed E-state index contributed by atoms with van der Waals surface area (Å²) >= 11 is 0. The number of rotatable bonds is 4. The molecule has 0 aliphatic heterocycles. The van der Waals surface area contributed by atoms with Crippen LogP contribution in [0.2, 0.25) is 0 Å². The fourth-order valence-corrected chi connectivity index (χ4v) is 3.38. The molecule has 2 rings (SSSR count). The monoisotopic (exact) mass is 262 g/mol. The number of hydrogen-bond acceptors (Lipinski definition) is 3. The molecule has 2 unspecified atom stereocenters. The van der Waals surface area contributed by atoms with Crippen LogP contribution in [-0.4, -0.2) is 18.1 Å². The molecular formula is C16H26N2O. The molecule has 0 saturated heterocycles. The number of nitrogens with zero attached hydrogens (tertiary/aromatic N) is 1. The molecule has 1 N–H and O–H groups in total. The zero-order chi connectivity index (χ0) is 13.9. The van der Waals surface area contributed by atoms with Crippen molar-refractivity contribution < 1.29 is 4.74 Å². The maximum Gasteiger partial charge on any atom is 0.127 e. The molecule has 19 heavy (non-hydrogen) atoms. The summed E-state index contributed by atoms with van der Waals surface area (Å²) in [5.74, 6) is 1.72. The number of aromatic nitrogens is 1. The molecule has 1 heterocycles. The molecular weight excluding hydrogens is 236 g/mol. The largest absolute Gasteiger partial charge is 0.490 e. The average Bonchev–Trinajstić information content (AvgIpc) is 2.29. The molecule has 2 atom stereocenters. The second-order valence-electron chi connectivity index (χ2n) is 6.67. The maximum atomic E-state index is 6.27. The first-order valence-corrected chi connectivity index (χ1v) is 7.24. The van der Waals surface area contributed by atoms with Crippen molar-refractivity contribution in [2.24, 2.45) is 11.3 Å². The van der Waals surface area contributed by atoms with Gasteiger partial charge < -0.3 is 10.1 Å². The van der Waals surface area contributed by atoms with Crippen LogP contribution in [0.1, 0.15) is 45.6 Å². The zero-order valence-corrected chi connectivity index (χ0v) is 12.6. The minimum atomic E-state index is 0.330. The summed E-state index contributed by atoms with van der Waals surface area (Å²) in [5, 5.41) is 3.17. The van der Waals surface area contributed by atoms with Crippen molar-refractivity contribution in [1.29, 1.82) is 0 Å². The summed E-state index contributed by atoms with van der Waals surface area (Å²) < 4.78 is 6.27. The molecule has 0 aromatic carbocycles. The Kier molecular flexibility index (Phi) is 4.46. The van der Waals surface area contributed by atoms with E-state index in [9.17, 15) is 0 Å². The molecule has 0 radical (unpaired) electrons. The summed E-state index contributed by atoms with van der Waals surface area (Å²) in [6, 6.07) is 1.99. The fourth-order valence-electron chi connectivity index (χ4n) is 3.38. The molecule has 0 spiro atoms. The first-order valence-electron chi connectivity index (χ1n) is 7.24. The molecule has 1 aliphatic carbocycles. The van der Waals surface area contributed by atoms with Crippen LogP contribution in [0.4, 0.5) is 0 Å². The number of hydrogen-bond donors (Lipinski definition) is 1. The molecule has 1 saturated carbocycles. The smallest absolute Gasteiger partial charge is 0.127 e. The second-order valence-corrected chi connectivity index (χ2v) is 6.67. The molecule has 1 aromatic rings. The van der Waals surface area contributed by atoms with Crippen LogP contribution < -0.4 is 10.1 Å². The summed E-state index contributed by atoms with van der Waals surface area (Å²) in [4.78, 5) is 4.18. The topological polar surface area (TPSA) is 34.2 Å². The number of ether oxygens (including phenoxy) is 1. The summed E-state index contributed by atoms with van der Waals surface area (Å²) in [7, 11) is 1.95. The van der Waals surface area contributed by atoms with E-state index in [4.69, 9.17) is 4.74 Å². The van der Waals surface area contributed by atoms with Gasteiger partial charge >= 0.3 is 0 Å². The third kappa shape index (κ3) is 3.93. The van der Waals surface area contributed by atoms with Gasteiger partial charge in [-0.3, -0.25) is 4.98 Å². The zero-order valence-electron chi connectivity index (χ0n) is 12.6. The van der Waals surface area contributed by atoms with Crippen molar-refractivity contribution in [2.75, 3.05) is 7.05 Å². The van der Waals surface area contributed by atoms with Gasteiger partial charge in [0.05, 0.1) is 6.10 Å². The van der Waals surface area contributed by atoms with Crippen molar-refractivity contribution in [2.45, 2.75) is 52.7 Å². The van der Waals surface area contributed by atoms with Gasteiger partial charge in [0.15, 0.2) is 0 Å². The molecule has 106 valence electrons. The van der Waals surface area contributed by atoms with E-state index in [1.54, 1.807) is 0 Å². The van der Waals surface area contributed by atoms with Crippen molar-refractivity contribution in [3.8, 4) is 5.75 Å². The van der Waals surface area contributed by atoms with Gasteiger partial charge in [0, 0.05) is 24.5 Å². The summed E-state index contributed by atoms with van der Waals surface area (Å²) in [6.07, 6.45) is 7.63. The normalized spacial score (nSPS) is 26.1. The Balaban J connectivity index is 2.08. The molecule has 1 fully saturated rings. The molecule has 1 aliphatic rings. The third-order valence-electron chi connectivity index (χ3n) is 3.87. The van der Waals surface area contributed by atoms with Crippen LogP contribution in [-0.2, 0) is 6.54 Å². The van der Waals surface area contributed by atoms with Crippen LogP contribution >= 0.6 is 0 Å². The lowest BCUT2D eigenvalue weighted by molar-refractivity contribution is 0.0555. The Morgan fingerprint density at radius 3 is 2.89 bits per heavy atom. The van der Waals surface area contributed by atoms with Crippen molar-refractivity contribution in [3.05, 3.63) is 24.0 Å². The summed E-state index contributed by atoms with van der Waals surface area (Å²) in [6.45, 7) is 7.83. The predicted molar refractivity (Wildman–Crippen MR) is 78.2 cm³/mol. The first kappa shape index (κ1) is 14.3. The maximum absolute atomic E-state index is 6.27. The highest BCUT2D eigenvalue weighted by Gasteiger charge is 2.33. The van der Waals surface area contributed by atoms with Crippen molar-refractivity contribution in [3.63, 3.8) is 0 Å². The van der Waals surface area contributed by atoms with E-state index in [0.29, 0.717) is 11.5 Å². The van der Waals surface area contributed by atoms with E-state index in [1.165, 1.54) is 6.42 Å². The van der Waals surface area contributed by atoms with Crippen LogP contribution in [0.15, 0.2) is 18.5 Å². The van der Waals surface area contributed by atoms with Crippen molar-refractivity contribution >= 4 is 0 Å². The quantitative estimate of drug-likeness (QED) is 0.903. The van der Waals surface area contributed by atoms with E-state index in [-0.39, 0.29) is 0 Å². The molecule has 0 bridgehead atoms. The minimum absolute atomic E-state index is 0.330. The highest BCUT2D eigenvalue weighted by atomic mass is 16.5. The van der Waals surface area contributed by atoms with E-state index in [1.807, 2.05) is 25.5 Å². The lowest BCUT2D eigenvalue weighted by atomic mass is 9.71. The average molecular weight is 262 g/mol. The van der Waals surface area contributed by atoms with Crippen LogP contribution in [0.5, 0.6) is 5.75 Å². The van der Waals surface area contributed by atoms with Gasteiger partial charge in [0.25, 0.3) is 0 Å². The lowest BCUT2D eigenvalue weighted by Gasteiger charge is -2.39. The Bertz CT molecular complexity index is 417. The Morgan fingerprint density at radius 1 is 1.42 bits per heavy atom. The van der Waals surface area contributed by atoms with E-state index < -0.39 is 0 Å². The predicted octanol–water partition coefficient (Wildman–Crippen LogP) is 3.39. The van der Waals surface area contributed by atoms with Crippen LogP contribution in [0.3, 0.4) is 0 Å². The third-order valence-corrected chi connectivity index (χ3v) is 3.87. The standard InChI is InChI=1S/C16H26N2O/c1-12-7-14(9-16(2,3)8-12)19-15-5-6-18-11-13(15)10-17-4/h5-6,11-12,14,17H,7-10H2,1-4H3. The van der Waals surface area contributed by atoms with Gasteiger partial charge in [0.2, 0.25) is 0 Å². The molecule has 3 nitrogen and oxygen atoms in total. The Labute approximate surface area is 116 Å². The highest BCUT2D eigenvalue weighted by molar-refractivity contribution is 5.30. The second kappa shape index (κ2) is 5.91. The highest BCUT2D eigenvalue weighted by Crippen LogP contribution is 2.40. The van der Waals surface area contributed by atoms with E-state index >= 15 is 0 Å². The fraction of sp³-hybridized carbons (Fsp3) is 0.688. The van der Waals surface area contributed by atoms with Gasteiger partial charge in [-0.15, -0.1) is 0 Å². The van der Waals surface area contributed by atoms with Crippen LogP contribution in [0.25, 0.3) is 0 Å². The van der Waals surface area contributed by atoms with Gasteiger partial charge in [-0.1, -0.05) is 20.8 Å². The van der Waals surface area contributed by atoms with Gasteiger partial charge in [-0.25, -0.2) is 0 Å². The van der Waals surface area contributed by atoms with E-state index in [0.717, 1.165) is 36.6 Å². The lowest BCUT2D eigenvalue weighted by Crippen LogP contribution is -2.34.